The van der Waals surface area contributed by atoms with Crippen LogP contribution in [0.4, 0.5) is 18.9 Å². The predicted molar refractivity (Wildman–Crippen MR) is 68.5 cm³/mol. The summed E-state index contributed by atoms with van der Waals surface area (Å²) in [5.74, 6) is -0.682. The average Bonchev–Trinajstić information content (AvgIpc) is 2.80. The summed E-state index contributed by atoms with van der Waals surface area (Å²) in [6.45, 7) is -0.347. The number of methoxy groups -OCH3 is 1. The zero-order valence-electron chi connectivity index (χ0n) is 10.7. The van der Waals surface area contributed by atoms with Crippen molar-refractivity contribution in [2.24, 2.45) is 0 Å². The second-order valence-corrected chi connectivity index (χ2v) is 4.43. The Labute approximate surface area is 121 Å². The first kappa shape index (κ1) is 15.4. The Morgan fingerprint density at radius 3 is 2.86 bits per heavy atom. The zero-order valence-corrected chi connectivity index (χ0v) is 11.5. The van der Waals surface area contributed by atoms with Gasteiger partial charge in [-0.1, -0.05) is 11.6 Å². The van der Waals surface area contributed by atoms with Gasteiger partial charge in [0.25, 0.3) is 0 Å². The van der Waals surface area contributed by atoms with Crippen molar-refractivity contribution in [1.29, 1.82) is 0 Å². The van der Waals surface area contributed by atoms with Crippen molar-refractivity contribution in [1.82, 2.24) is 14.6 Å². The molecule has 0 unspecified atom stereocenters. The van der Waals surface area contributed by atoms with Crippen molar-refractivity contribution in [2.75, 3.05) is 19.0 Å². The smallest absolute Gasteiger partial charge is 0.390 e. The molecular formula is C11H10ClF3N4O2. The first-order valence-electron chi connectivity index (χ1n) is 5.75. The molecule has 0 saturated heterocycles. The molecule has 6 nitrogen and oxygen atoms in total. The van der Waals surface area contributed by atoms with Gasteiger partial charge in [0.05, 0.1) is 25.4 Å². The topological polar surface area (TPSA) is 68.5 Å². The molecule has 0 saturated carbocycles. The highest BCUT2D eigenvalue weighted by atomic mass is 35.5. The third kappa shape index (κ3) is 3.54. The van der Waals surface area contributed by atoms with Crippen LogP contribution in [-0.4, -0.2) is 40.4 Å². The predicted octanol–water partition coefficient (Wildman–Crippen LogP) is 2.53. The van der Waals surface area contributed by atoms with Crippen LogP contribution in [0.15, 0.2) is 12.3 Å². The monoisotopic (exact) mass is 322 g/mol. The molecule has 2 heterocycles. The van der Waals surface area contributed by atoms with Crippen LogP contribution < -0.4 is 5.32 Å². The van der Waals surface area contributed by atoms with Crippen LogP contribution >= 0.6 is 11.6 Å². The van der Waals surface area contributed by atoms with Crippen LogP contribution in [0.1, 0.15) is 16.9 Å². The fourth-order valence-electron chi connectivity index (χ4n) is 1.65. The summed E-state index contributed by atoms with van der Waals surface area (Å²) < 4.78 is 42.1. The summed E-state index contributed by atoms with van der Waals surface area (Å²) in [4.78, 5) is 15.5. The Bertz CT molecular complexity index is 671. The van der Waals surface area contributed by atoms with Crippen LogP contribution in [0.5, 0.6) is 0 Å². The van der Waals surface area contributed by atoms with Gasteiger partial charge in [-0.3, -0.25) is 0 Å². The highest BCUT2D eigenvalue weighted by Gasteiger charge is 2.26. The number of fused-ring (bicyclic) bond motifs is 1. The molecule has 2 rings (SSSR count). The maximum atomic E-state index is 12.1. The van der Waals surface area contributed by atoms with Crippen LogP contribution in [0.3, 0.4) is 0 Å². The summed E-state index contributed by atoms with van der Waals surface area (Å²) in [5.41, 5.74) is 0.449. The summed E-state index contributed by atoms with van der Waals surface area (Å²) >= 11 is 5.80. The summed E-state index contributed by atoms with van der Waals surface area (Å²) in [6.07, 6.45) is -4.07. The second kappa shape index (κ2) is 5.76. The summed E-state index contributed by atoms with van der Waals surface area (Å²) in [7, 11) is 1.19. The van der Waals surface area contributed by atoms with E-state index >= 15 is 0 Å². The van der Waals surface area contributed by atoms with Crippen molar-refractivity contribution in [2.45, 2.75) is 12.6 Å². The number of ether oxygens (including phenoxy) is 1. The lowest BCUT2D eigenvalue weighted by atomic mass is 10.3. The van der Waals surface area contributed by atoms with Crippen LogP contribution in [-0.2, 0) is 4.74 Å². The maximum absolute atomic E-state index is 12.1. The minimum Gasteiger partial charge on any atom is -0.464 e. The maximum Gasteiger partial charge on any atom is 0.390 e. The Morgan fingerprint density at radius 2 is 2.24 bits per heavy atom. The number of aromatic nitrogens is 3. The van der Waals surface area contributed by atoms with E-state index in [2.05, 4.69) is 20.1 Å². The fourth-order valence-corrected chi connectivity index (χ4v) is 1.84. The molecule has 0 amide bonds. The normalized spacial score (nSPS) is 11.7. The molecule has 114 valence electrons. The molecule has 0 aliphatic rings. The molecule has 10 heteroatoms. The lowest BCUT2D eigenvalue weighted by Gasteiger charge is -2.10. The van der Waals surface area contributed by atoms with E-state index < -0.39 is 18.6 Å². The van der Waals surface area contributed by atoms with Gasteiger partial charge in [-0.05, 0) is 0 Å². The van der Waals surface area contributed by atoms with E-state index in [9.17, 15) is 18.0 Å². The lowest BCUT2D eigenvalue weighted by molar-refractivity contribution is -0.131. The largest absolute Gasteiger partial charge is 0.464 e. The Balaban J connectivity index is 2.32. The first-order chi connectivity index (χ1) is 9.81. The number of nitrogens with one attached hydrogen (secondary N) is 1. The zero-order chi connectivity index (χ0) is 15.6. The minimum atomic E-state index is -4.27. The average molecular weight is 323 g/mol. The number of halogens is 4. The molecule has 0 aromatic carbocycles. The van der Waals surface area contributed by atoms with E-state index in [0.717, 1.165) is 4.52 Å². The third-order valence-corrected chi connectivity index (χ3v) is 2.74. The Kier molecular flexibility index (Phi) is 4.21. The van der Waals surface area contributed by atoms with Crippen LogP contribution in [0.2, 0.25) is 5.15 Å². The quantitative estimate of drug-likeness (QED) is 0.876. The van der Waals surface area contributed by atoms with E-state index in [1.54, 1.807) is 0 Å². The second-order valence-electron chi connectivity index (χ2n) is 4.04. The molecule has 2 aromatic heterocycles. The number of carbonyl (C=O) groups excluding carboxylic acids is 1. The lowest BCUT2D eigenvalue weighted by Crippen LogP contribution is -2.15. The Morgan fingerprint density at radius 1 is 1.52 bits per heavy atom. The highest BCUT2D eigenvalue weighted by Crippen LogP contribution is 2.23. The molecule has 0 atom stereocenters. The van der Waals surface area contributed by atoms with Gasteiger partial charge < -0.3 is 10.1 Å². The van der Waals surface area contributed by atoms with Crippen molar-refractivity contribution < 1.29 is 22.7 Å². The standard InChI is InChI=1S/C11H10ClF3N4O2/c1-21-10(20)7-5-17-9-6(4-8(12)18-19(7)9)16-3-2-11(13,14)15/h4-5,16H,2-3H2,1H3. The number of hydrogen-bond donors (Lipinski definition) is 1. The molecule has 0 fully saturated rings. The minimum absolute atomic E-state index is 0.000150. The number of esters is 1. The first-order valence-corrected chi connectivity index (χ1v) is 6.13. The van der Waals surface area contributed by atoms with Crippen LogP contribution in [0.25, 0.3) is 5.65 Å². The number of nitrogens with zero attached hydrogens (tertiary/aromatic N) is 3. The van der Waals surface area contributed by atoms with Gasteiger partial charge >= 0.3 is 12.1 Å². The third-order valence-electron chi connectivity index (χ3n) is 2.56. The van der Waals surface area contributed by atoms with Gasteiger partial charge in [-0.15, -0.1) is 0 Å². The van der Waals surface area contributed by atoms with Gasteiger partial charge in [0.15, 0.2) is 16.5 Å². The number of alkyl halides is 3. The number of imidazole rings is 1. The Hall–Kier alpha value is -2.03. The molecule has 21 heavy (non-hydrogen) atoms. The van der Waals surface area contributed by atoms with Crippen molar-refractivity contribution in [3.05, 3.63) is 23.1 Å². The molecule has 0 radical (unpaired) electrons. The van der Waals surface area contributed by atoms with E-state index in [4.69, 9.17) is 11.6 Å². The van der Waals surface area contributed by atoms with Gasteiger partial charge in [0, 0.05) is 12.6 Å². The SMILES string of the molecule is COC(=O)c1cnc2c(NCCC(F)(F)F)cc(Cl)nn12. The number of anilines is 1. The van der Waals surface area contributed by atoms with Gasteiger partial charge in [0.1, 0.15) is 0 Å². The molecule has 1 N–H and O–H groups in total. The number of carbonyl (C=O) groups is 1. The van der Waals surface area contributed by atoms with E-state index in [-0.39, 0.29) is 28.7 Å². The van der Waals surface area contributed by atoms with E-state index in [1.165, 1.54) is 19.4 Å². The molecule has 0 spiro atoms. The highest BCUT2D eigenvalue weighted by molar-refractivity contribution is 6.29. The van der Waals surface area contributed by atoms with Crippen molar-refractivity contribution in [3.63, 3.8) is 0 Å². The molecule has 0 aliphatic heterocycles. The molecule has 0 bridgehead atoms. The summed E-state index contributed by atoms with van der Waals surface area (Å²) in [5, 5.41) is 6.45. The number of hydrogen-bond acceptors (Lipinski definition) is 5. The van der Waals surface area contributed by atoms with Crippen molar-refractivity contribution >= 4 is 28.9 Å². The fraction of sp³-hybridized carbons (Fsp3) is 0.364. The van der Waals surface area contributed by atoms with Gasteiger partial charge in [-0.25, -0.2) is 14.3 Å². The van der Waals surface area contributed by atoms with Gasteiger partial charge in [0.2, 0.25) is 0 Å². The van der Waals surface area contributed by atoms with Crippen LogP contribution in [0, 0.1) is 0 Å². The van der Waals surface area contributed by atoms with Gasteiger partial charge in [-0.2, -0.15) is 18.3 Å². The van der Waals surface area contributed by atoms with E-state index in [0.29, 0.717) is 0 Å². The van der Waals surface area contributed by atoms with Crippen molar-refractivity contribution in [3.8, 4) is 0 Å². The van der Waals surface area contributed by atoms with E-state index in [1.807, 2.05) is 0 Å². The molecule has 0 aliphatic carbocycles. The number of rotatable bonds is 4. The molecular weight excluding hydrogens is 313 g/mol. The summed E-state index contributed by atoms with van der Waals surface area (Å²) in [6, 6.07) is 1.33. The molecule has 2 aromatic rings.